The number of carbonyl (C=O) groups excluding carboxylic acids is 1. The molecule has 1 aliphatic heterocycles. The zero-order chi connectivity index (χ0) is 10.8. The molecular formula is C10H16ClN3O2. The Balaban J connectivity index is 0.00000128. The van der Waals surface area contributed by atoms with Crippen LogP contribution in [0.1, 0.15) is 23.2 Å². The first-order valence-corrected chi connectivity index (χ1v) is 5.13. The topological polar surface area (TPSA) is 58.4 Å². The highest BCUT2D eigenvalue weighted by atomic mass is 35.5. The Hall–Kier alpha value is -1.07. The molecule has 1 amide bonds. The third-order valence-corrected chi connectivity index (χ3v) is 2.61. The van der Waals surface area contributed by atoms with Gasteiger partial charge in [0.25, 0.3) is 5.91 Å². The van der Waals surface area contributed by atoms with Crippen LogP contribution in [0.15, 0.2) is 10.6 Å². The summed E-state index contributed by atoms with van der Waals surface area (Å²) < 4.78 is 4.90. The van der Waals surface area contributed by atoms with E-state index in [2.05, 4.69) is 10.5 Å². The molecule has 0 bridgehead atoms. The minimum absolute atomic E-state index is 0. The fraction of sp³-hybridized carbons (Fsp3) is 0.600. The van der Waals surface area contributed by atoms with Gasteiger partial charge in [-0.3, -0.25) is 4.79 Å². The molecule has 0 saturated carbocycles. The van der Waals surface area contributed by atoms with Crippen molar-refractivity contribution in [2.45, 2.75) is 19.9 Å². The summed E-state index contributed by atoms with van der Waals surface area (Å²) in [5.74, 6) is 0.627. The molecule has 5 nitrogen and oxygen atoms in total. The highest BCUT2D eigenvalue weighted by Crippen LogP contribution is 2.10. The summed E-state index contributed by atoms with van der Waals surface area (Å²) in [6.45, 7) is 6.21. The predicted molar refractivity (Wildman–Crippen MR) is 61.9 cm³/mol. The fourth-order valence-electron chi connectivity index (χ4n) is 1.76. The number of nitrogens with zero attached hydrogens (tertiary/aromatic N) is 2. The van der Waals surface area contributed by atoms with E-state index in [9.17, 15) is 4.79 Å². The van der Waals surface area contributed by atoms with Gasteiger partial charge in [0.15, 0.2) is 5.69 Å². The normalized spacial score (nSPS) is 20.4. The Bertz CT molecular complexity index is 367. The lowest BCUT2D eigenvalue weighted by Gasteiger charge is -2.33. The second-order valence-electron chi connectivity index (χ2n) is 3.87. The lowest BCUT2D eigenvalue weighted by Crippen LogP contribution is -2.52. The van der Waals surface area contributed by atoms with Crippen LogP contribution in [0, 0.1) is 6.92 Å². The van der Waals surface area contributed by atoms with Gasteiger partial charge in [-0.05, 0) is 13.8 Å². The maximum Gasteiger partial charge on any atom is 0.276 e. The largest absolute Gasteiger partial charge is 0.361 e. The number of carbonyl (C=O) groups is 1. The Kier molecular flexibility index (Phi) is 4.32. The smallest absolute Gasteiger partial charge is 0.276 e. The number of aromatic nitrogens is 1. The molecule has 2 heterocycles. The van der Waals surface area contributed by atoms with Gasteiger partial charge in [0.2, 0.25) is 0 Å². The summed E-state index contributed by atoms with van der Waals surface area (Å²) in [5.41, 5.74) is 0.404. The molecule has 0 aromatic carbocycles. The van der Waals surface area contributed by atoms with Gasteiger partial charge >= 0.3 is 0 Å². The minimum Gasteiger partial charge on any atom is -0.361 e. The molecule has 1 saturated heterocycles. The highest BCUT2D eigenvalue weighted by molar-refractivity contribution is 5.92. The molecule has 1 fully saturated rings. The van der Waals surface area contributed by atoms with Crippen molar-refractivity contribution >= 4 is 18.3 Å². The third-order valence-electron chi connectivity index (χ3n) is 2.61. The number of rotatable bonds is 1. The number of halogens is 1. The van der Waals surface area contributed by atoms with E-state index in [0.717, 1.165) is 19.6 Å². The molecule has 16 heavy (non-hydrogen) atoms. The van der Waals surface area contributed by atoms with Crippen LogP contribution in [-0.4, -0.2) is 41.6 Å². The molecule has 1 atom stereocenters. The van der Waals surface area contributed by atoms with E-state index in [1.807, 2.05) is 11.8 Å². The predicted octanol–water partition coefficient (Wildman–Crippen LogP) is 0.839. The van der Waals surface area contributed by atoms with Gasteiger partial charge in [-0.15, -0.1) is 12.4 Å². The van der Waals surface area contributed by atoms with Crippen molar-refractivity contribution in [3.8, 4) is 0 Å². The van der Waals surface area contributed by atoms with Crippen LogP contribution in [-0.2, 0) is 0 Å². The van der Waals surface area contributed by atoms with Crippen LogP contribution in [0.3, 0.4) is 0 Å². The van der Waals surface area contributed by atoms with Gasteiger partial charge in [0.05, 0.1) is 0 Å². The minimum atomic E-state index is -0.0409. The van der Waals surface area contributed by atoms with Gasteiger partial charge in [0.1, 0.15) is 5.76 Å². The molecule has 0 aliphatic carbocycles. The van der Waals surface area contributed by atoms with E-state index in [1.165, 1.54) is 0 Å². The first-order valence-electron chi connectivity index (χ1n) is 5.13. The average molecular weight is 246 g/mol. The van der Waals surface area contributed by atoms with E-state index in [4.69, 9.17) is 4.52 Å². The van der Waals surface area contributed by atoms with Crippen molar-refractivity contribution in [3.05, 3.63) is 17.5 Å². The Morgan fingerprint density at radius 2 is 2.44 bits per heavy atom. The van der Waals surface area contributed by atoms with Crippen molar-refractivity contribution in [2.75, 3.05) is 19.6 Å². The van der Waals surface area contributed by atoms with E-state index in [1.54, 1.807) is 13.0 Å². The van der Waals surface area contributed by atoms with Crippen molar-refractivity contribution in [2.24, 2.45) is 0 Å². The zero-order valence-electron chi connectivity index (χ0n) is 9.40. The average Bonchev–Trinajstić information content (AvgIpc) is 2.65. The Labute approximate surface area is 101 Å². The lowest BCUT2D eigenvalue weighted by atomic mass is 10.2. The third kappa shape index (κ3) is 2.54. The molecule has 1 aromatic heterocycles. The molecule has 1 aromatic rings. The number of nitrogens with one attached hydrogen (secondary N) is 1. The van der Waals surface area contributed by atoms with Crippen molar-refractivity contribution in [1.82, 2.24) is 15.4 Å². The summed E-state index contributed by atoms with van der Waals surface area (Å²) in [6, 6.07) is 1.89. The second kappa shape index (κ2) is 5.32. The fourth-order valence-corrected chi connectivity index (χ4v) is 1.76. The van der Waals surface area contributed by atoms with Crippen LogP contribution in [0.2, 0.25) is 0 Å². The standard InChI is InChI=1S/C10H15N3O2.ClH/c1-7-6-11-3-4-13(7)10(14)9-5-8(2)15-12-9;/h5,7,11H,3-4,6H2,1-2H3;1H. The van der Waals surface area contributed by atoms with Gasteiger partial charge in [-0.25, -0.2) is 0 Å². The summed E-state index contributed by atoms with van der Waals surface area (Å²) in [6.07, 6.45) is 0. The first-order chi connectivity index (χ1) is 7.18. The summed E-state index contributed by atoms with van der Waals surface area (Å²) >= 11 is 0. The zero-order valence-corrected chi connectivity index (χ0v) is 10.2. The van der Waals surface area contributed by atoms with E-state index in [-0.39, 0.29) is 24.4 Å². The number of piperazine rings is 1. The number of aryl methyl sites for hydroxylation is 1. The molecule has 1 aliphatic rings. The SMILES string of the molecule is Cc1cc(C(=O)N2CCNCC2C)no1.Cl. The lowest BCUT2D eigenvalue weighted by molar-refractivity contribution is 0.0645. The van der Waals surface area contributed by atoms with E-state index < -0.39 is 0 Å². The maximum atomic E-state index is 12.0. The molecule has 6 heteroatoms. The quantitative estimate of drug-likeness (QED) is 0.797. The number of hydrogen-bond acceptors (Lipinski definition) is 4. The molecule has 2 rings (SSSR count). The molecule has 90 valence electrons. The molecule has 0 radical (unpaired) electrons. The van der Waals surface area contributed by atoms with Crippen LogP contribution in [0.4, 0.5) is 0 Å². The number of hydrogen-bond donors (Lipinski definition) is 1. The summed E-state index contributed by atoms with van der Waals surface area (Å²) in [4.78, 5) is 13.8. The Morgan fingerprint density at radius 1 is 1.69 bits per heavy atom. The van der Waals surface area contributed by atoms with Gasteiger partial charge in [-0.2, -0.15) is 0 Å². The van der Waals surface area contributed by atoms with Crippen LogP contribution in [0.25, 0.3) is 0 Å². The Morgan fingerprint density at radius 3 is 3.00 bits per heavy atom. The number of amides is 1. The highest BCUT2D eigenvalue weighted by Gasteiger charge is 2.25. The van der Waals surface area contributed by atoms with Crippen molar-refractivity contribution in [1.29, 1.82) is 0 Å². The van der Waals surface area contributed by atoms with E-state index in [0.29, 0.717) is 11.5 Å². The monoisotopic (exact) mass is 245 g/mol. The van der Waals surface area contributed by atoms with Crippen LogP contribution >= 0.6 is 12.4 Å². The molecule has 0 spiro atoms. The van der Waals surface area contributed by atoms with Gasteiger partial charge in [-0.1, -0.05) is 5.16 Å². The maximum absolute atomic E-state index is 12.0. The molecule has 1 N–H and O–H groups in total. The molecular weight excluding hydrogens is 230 g/mol. The van der Waals surface area contributed by atoms with Gasteiger partial charge < -0.3 is 14.7 Å². The van der Waals surface area contributed by atoms with Crippen LogP contribution < -0.4 is 5.32 Å². The molecule has 1 unspecified atom stereocenters. The van der Waals surface area contributed by atoms with Crippen molar-refractivity contribution < 1.29 is 9.32 Å². The summed E-state index contributed by atoms with van der Waals surface area (Å²) in [7, 11) is 0. The summed E-state index contributed by atoms with van der Waals surface area (Å²) in [5, 5.41) is 6.98. The van der Waals surface area contributed by atoms with E-state index >= 15 is 0 Å². The van der Waals surface area contributed by atoms with Gasteiger partial charge in [0, 0.05) is 31.7 Å². The van der Waals surface area contributed by atoms with Crippen LogP contribution in [0.5, 0.6) is 0 Å². The first kappa shape index (κ1) is 13.0. The van der Waals surface area contributed by atoms with Crippen molar-refractivity contribution in [3.63, 3.8) is 0 Å². The second-order valence-corrected chi connectivity index (χ2v) is 3.87.